The van der Waals surface area contributed by atoms with Crippen molar-refractivity contribution in [3.05, 3.63) is 29.8 Å². The van der Waals surface area contributed by atoms with Gasteiger partial charge in [0.15, 0.2) is 0 Å². The molecule has 0 aliphatic rings. The number of nitrogens with two attached hydrogens (primary N) is 1. The van der Waals surface area contributed by atoms with Crippen LogP contribution in [0, 0.1) is 0 Å². The van der Waals surface area contributed by atoms with Crippen LogP contribution in [0.5, 0.6) is 0 Å². The molecule has 1 rings (SSSR count). The number of para-hydroxylation sites is 1. The van der Waals surface area contributed by atoms with E-state index in [9.17, 15) is 4.79 Å². The van der Waals surface area contributed by atoms with Gasteiger partial charge < -0.3 is 15.5 Å². The first-order chi connectivity index (χ1) is 9.63. The zero-order valence-electron chi connectivity index (χ0n) is 12.9. The first-order valence-corrected chi connectivity index (χ1v) is 7.50. The van der Waals surface area contributed by atoms with Crippen molar-refractivity contribution in [3.8, 4) is 0 Å². The molecule has 1 aromatic carbocycles. The fourth-order valence-electron chi connectivity index (χ4n) is 2.29. The van der Waals surface area contributed by atoms with Crippen LogP contribution in [0.15, 0.2) is 24.3 Å². The molecule has 112 valence electrons. The highest BCUT2D eigenvalue weighted by molar-refractivity contribution is 5.99. The van der Waals surface area contributed by atoms with Gasteiger partial charge in [0, 0.05) is 18.8 Å². The van der Waals surface area contributed by atoms with Crippen molar-refractivity contribution in [2.24, 2.45) is 0 Å². The Morgan fingerprint density at radius 3 is 2.25 bits per heavy atom. The van der Waals surface area contributed by atoms with Gasteiger partial charge >= 0.3 is 0 Å². The monoisotopic (exact) mass is 277 g/mol. The molecule has 0 unspecified atom stereocenters. The lowest BCUT2D eigenvalue weighted by Gasteiger charge is -2.24. The lowest BCUT2D eigenvalue weighted by Crippen LogP contribution is -2.34. The number of carbonyl (C=O) groups is 1. The molecular weight excluding hydrogens is 250 g/mol. The van der Waals surface area contributed by atoms with Gasteiger partial charge in [-0.1, -0.05) is 26.0 Å². The molecule has 1 amide bonds. The molecule has 0 fully saturated rings. The highest BCUT2D eigenvalue weighted by Gasteiger charge is 2.16. The smallest absolute Gasteiger partial charge is 0.255 e. The molecule has 4 heteroatoms. The Bertz CT molecular complexity index is 416. The summed E-state index contributed by atoms with van der Waals surface area (Å²) in [5, 5.41) is 0. The molecule has 0 spiro atoms. The minimum Gasteiger partial charge on any atom is -0.398 e. The molecule has 4 nitrogen and oxygen atoms in total. The molecule has 1 aromatic rings. The summed E-state index contributed by atoms with van der Waals surface area (Å²) in [5.74, 6) is 0.0325. The second-order valence-corrected chi connectivity index (χ2v) is 4.85. The summed E-state index contributed by atoms with van der Waals surface area (Å²) in [6, 6.07) is 7.28. The quantitative estimate of drug-likeness (QED) is 0.743. The zero-order valence-corrected chi connectivity index (χ0v) is 12.9. The van der Waals surface area contributed by atoms with Gasteiger partial charge in [0.05, 0.1) is 5.56 Å². The van der Waals surface area contributed by atoms with Gasteiger partial charge in [0.2, 0.25) is 0 Å². The Morgan fingerprint density at radius 1 is 1.05 bits per heavy atom. The summed E-state index contributed by atoms with van der Waals surface area (Å²) >= 11 is 0. The predicted molar refractivity (Wildman–Crippen MR) is 84.8 cm³/mol. The number of nitrogens with zero attached hydrogens (tertiary/aromatic N) is 2. The van der Waals surface area contributed by atoms with E-state index in [4.69, 9.17) is 5.73 Å². The van der Waals surface area contributed by atoms with Crippen LogP contribution in [0.1, 0.15) is 37.6 Å². The maximum Gasteiger partial charge on any atom is 0.255 e. The van der Waals surface area contributed by atoms with Crippen molar-refractivity contribution in [1.29, 1.82) is 0 Å². The van der Waals surface area contributed by atoms with E-state index < -0.39 is 0 Å². The molecule has 0 aliphatic carbocycles. The molecule has 0 saturated carbocycles. The van der Waals surface area contributed by atoms with Crippen molar-refractivity contribution in [2.75, 3.05) is 38.5 Å². The van der Waals surface area contributed by atoms with E-state index in [0.29, 0.717) is 17.8 Å². The lowest BCUT2D eigenvalue weighted by atomic mass is 10.1. The molecule has 0 saturated heterocycles. The number of rotatable bonds is 8. The molecule has 0 atom stereocenters. The van der Waals surface area contributed by atoms with E-state index in [1.54, 1.807) is 12.1 Å². The van der Waals surface area contributed by atoms with Gasteiger partial charge in [0.1, 0.15) is 0 Å². The molecule has 0 aromatic heterocycles. The van der Waals surface area contributed by atoms with Crippen LogP contribution in [-0.4, -0.2) is 48.4 Å². The number of benzene rings is 1. The largest absolute Gasteiger partial charge is 0.398 e. The summed E-state index contributed by atoms with van der Waals surface area (Å²) in [7, 11) is 0. The average Bonchev–Trinajstić information content (AvgIpc) is 2.47. The summed E-state index contributed by atoms with van der Waals surface area (Å²) in [4.78, 5) is 16.7. The molecular formula is C16H27N3O. The number of carbonyl (C=O) groups excluding carboxylic acids is 1. The minimum absolute atomic E-state index is 0.0325. The number of hydrogen-bond donors (Lipinski definition) is 1. The second kappa shape index (κ2) is 8.59. The Kier molecular flexibility index (Phi) is 7.09. The van der Waals surface area contributed by atoms with Crippen LogP contribution in [0.2, 0.25) is 0 Å². The number of anilines is 1. The van der Waals surface area contributed by atoms with E-state index in [1.807, 2.05) is 24.0 Å². The molecule has 0 heterocycles. The van der Waals surface area contributed by atoms with E-state index in [-0.39, 0.29) is 5.91 Å². The van der Waals surface area contributed by atoms with Gasteiger partial charge in [-0.3, -0.25) is 4.79 Å². The van der Waals surface area contributed by atoms with Gasteiger partial charge in [-0.2, -0.15) is 0 Å². The van der Waals surface area contributed by atoms with Gasteiger partial charge in [-0.25, -0.2) is 0 Å². The topological polar surface area (TPSA) is 49.6 Å². The van der Waals surface area contributed by atoms with Gasteiger partial charge in [-0.05, 0) is 45.1 Å². The molecule has 0 aliphatic heterocycles. The third-order valence-electron chi connectivity index (χ3n) is 3.66. The number of amides is 1. The predicted octanol–water partition coefficient (Wildman–Crippen LogP) is 2.46. The van der Waals surface area contributed by atoms with Crippen molar-refractivity contribution >= 4 is 11.6 Å². The SMILES string of the molecule is CCN(CC)CCCN(CC)C(=O)c1ccccc1N. The van der Waals surface area contributed by atoms with Crippen LogP contribution in [0.4, 0.5) is 5.69 Å². The van der Waals surface area contributed by atoms with Crippen molar-refractivity contribution in [1.82, 2.24) is 9.80 Å². The first kappa shape index (κ1) is 16.5. The van der Waals surface area contributed by atoms with Gasteiger partial charge in [0.25, 0.3) is 5.91 Å². The molecule has 0 bridgehead atoms. The van der Waals surface area contributed by atoms with Crippen LogP contribution < -0.4 is 5.73 Å². The normalized spacial score (nSPS) is 10.8. The fraction of sp³-hybridized carbons (Fsp3) is 0.562. The fourth-order valence-corrected chi connectivity index (χ4v) is 2.29. The Labute approximate surface area is 122 Å². The Hall–Kier alpha value is -1.55. The summed E-state index contributed by atoms with van der Waals surface area (Å²) in [6.45, 7) is 11.0. The third kappa shape index (κ3) is 4.53. The summed E-state index contributed by atoms with van der Waals surface area (Å²) in [6.07, 6.45) is 0.994. The molecule has 2 N–H and O–H groups in total. The summed E-state index contributed by atoms with van der Waals surface area (Å²) < 4.78 is 0. The highest BCUT2D eigenvalue weighted by Crippen LogP contribution is 2.13. The van der Waals surface area contributed by atoms with Crippen LogP contribution >= 0.6 is 0 Å². The third-order valence-corrected chi connectivity index (χ3v) is 3.66. The Balaban J connectivity index is 2.58. The van der Waals surface area contributed by atoms with Crippen LogP contribution in [0.25, 0.3) is 0 Å². The maximum absolute atomic E-state index is 12.4. The van der Waals surface area contributed by atoms with E-state index in [0.717, 1.165) is 32.6 Å². The summed E-state index contributed by atoms with van der Waals surface area (Å²) in [5.41, 5.74) is 7.04. The van der Waals surface area contributed by atoms with Gasteiger partial charge in [-0.15, -0.1) is 0 Å². The first-order valence-electron chi connectivity index (χ1n) is 7.50. The van der Waals surface area contributed by atoms with Crippen LogP contribution in [-0.2, 0) is 0 Å². The van der Waals surface area contributed by atoms with E-state index in [1.165, 1.54) is 0 Å². The average molecular weight is 277 g/mol. The lowest BCUT2D eigenvalue weighted by molar-refractivity contribution is 0.0758. The number of hydrogen-bond acceptors (Lipinski definition) is 3. The second-order valence-electron chi connectivity index (χ2n) is 4.85. The minimum atomic E-state index is 0.0325. The molecule has 20 heavy (non-hydrogen) atoms. The highest BCUT2D eigenvalue weighted by atomic mass is 16.2. The Morgan fingerprint density at radius 2 is 1.70 bits per heavy atom. The maximum atomic E-state index is 12.4. The standard InChI is InChI=1S/C16H27N3O/c1-4-18(5-2)12-9-13-19(6-3)16(20)14-10-7-8-11-15(14)17/h7-8,10-11H,4-6,9,12-13,17H2,1-3H3. The van der Waals surface area contributed by atoms with E-state index in [2.05, 4.69) is 18.7 Å². The number of nitrogen functional groups attached to an aromatic ring is 1. The van der Waals surface area contributed by atoms with Crippen molar-refractivity contribution in [2.45, 2.75) is 27.2 Å². The molecule has 0 radical (unpaired) electrons. The van der Waals surface area contributed by atoms with Crippen LogP contribution in [0.3, 0.4) is 0 Å². The van der Waals surface area contributed by atoms with Crippen molar-refractivity contribution in [3.63, 3.8) is 0 Å². The van der Waals surface area contributed by atoms with Crippen molar-refractivity contribution < 1.29 is 4.79 Å². The zero-order chi connectivity index (χ0) is 15.0. The van der Waals surface area contributed by atoms with E-state index >= 15 is 0 Å².